The standard InChI is InChI=1S/C20H25F5N4O3/c21-17(22)10-28(9-12-1-2-12)16(8-26)19(31)27-13-3-4-15(14(7-13)20(23,24)25)29-5-6-32-11-18(29)30/h3-4,7,12,16-17H,1-2,5-6,8-11,26H2,(H,27,31)/t16-/m1/s1. The average Bonchev–Trinajstić information content (AvgIpc) is 3.52. The van der Waals surface area contributed by atoms with Crippen LogP contribution in [-0.4, -0.2) is 68.6 Å². The molecule has 3 rings (SSSR count). The third kappa shape index (κ3) is 6.14. The fraction of sp³-hybridized carbons (Fsp3) is 0.600. The summed E-state index contributed by atoms with van der Waals surface area (Å²) in [4.78, 5) is 27.0. The van der Waals surface area contributed by atoms with Gasteiger partial charge in [-0.25, -0.2) is 8.78 Å². The van der Waals surface area contributed by atoms with Crippen LogP contribution < -0.4 is 16.0 Å². The number of rotatable bonds is 9. The molecule has 2 aliphatic rings. The zero-order valence-corrected chi connectivity index (χ0v) is 17.2. The molecule has 2 amide bonds. The second kappa shape index (κ2) is 10.1. The second-order valence-corrected chi connectivity index (χ2v) is 7.86. The highest BCUT2D eigenvalue weighted by molar-refractivity contribution is 5.98. The van der Waals surface area contributed by atoms with Gasteiger partial charge in [-0.2, -0.15) is 13.2 Å². The number of ether oxygens (including phenoxy) is 1. The van der Waals surface area contributed by atoms with Gasteiger partial charge in [-0.3, -0.25) is 14.5 Å². The van der Waals surface area contributed by atoms with E-state index in [4.69, 9.17) is 10.5 Å². The number of nitrogens with one attached hydrogen (secondary N) is 1. The molecule has 0 aromatic heterocycles. The molecule has 3 N–H and O–H groups in total. The molecule has 7 nitrogen and oxygen atoms in total. The van der Waals surface area contributed by atoms with Gasteiger partial charge in [0.1, 0.15) is 12.6 Å². The van der Waals surface area contributed by atoms with Crippen LogP contribution in [-0.2, 0) is 20.5 Å². The number of carbonyl (C=O) groups is 2. The van der Waals surface area contributed by atoms with Gasteiger partial charge in [-0.05, 0) is 37.0 Å². The molecule has 32 heavy (non-hydrogen) atoms. The van der Waals surface area contributed by atoms with Crippen molar-refractivity contribution in [2.45, 2.75) is 31.5 Å². The van der Waals surface area contributed by atoms with Crippen molar-refractivity contribution in [3.8, 4) is 0 Å². The number of halogens is 5. The molecule has 1 aliphatic heterocycles. The lowest BCUT2D eigenvalue weighted by Crippen LogP contribution is -2.51. The van der Waals surface area contributed by atoms with E-state index in [-0.39, 0.29) is 50.1 Å². The molecular formula is C20H25F5N4O3. The Labute approximate surface area is 181 Å². The Kier molecular flexibility index (Phi) is 7.67. The van der Waals surface area contributed by atoms with Crippen LogP contribution in [0.25, 0.3) is 0 Å². The Bertz CT molecular complexity index is 828. The maximum absolute atomic E-state index is 13.7. The number of hydrogen-bond acceptors (Lipinski definition) is 5. The van der Waals surface area contributed by atoms with Crippen molar-refractivity contribution >= 4 is 23.2 Å². The second-order valence-electron chi connectivity index (χ2n) is 7.86. The van der Waals surface area contributed by atoms with E-state index in [2.05, 4.69) is 5.32 Å². The highest BCUT2D eigenvalue weighted by Crippen LogP contribution is 2.39. The molecule has 178 valence electrons. The van der Waals surface area contributed by atoms with Gasteiger partial charge >= 0.3 is 6.18 Å². The molecule has 1 saturated carbocycles. The van der Waals surface area contributed by atoms with Crippen molar-refractivity contribution in [2.24, 2.45) is 11.7 Å². The molecule has 0 radical (unpaired) electrons. The van der Waals surface area contributed by atoms with Crippen molar-refractivity contribution in [1.82, 2.24) is 4.90 Å². The molecule has 1 atom stereocenters. The Morgan fingerprint density at radius 1 is 1.31 bits per heavy atom. The average molecular weight is 464 g/mol. The maximum Gasteiger partial charge on any atom is 0.418 e. The van der Waals surface area contributed by atoms with E-state index in [1.54, 1.807) is 0 Å². The third-order valence-electron chi connectivity index (χ3n) is 5.37. The first-order chi connectivity index (χ1) is 15.1. The molecule has 1 saturated heterocycles. The summed E-state index contributed by atoms with van der Waals surface area (Å²) >= 11 is 0. The van der Waals surface area contributed by atoms with Gasteiger partial charge in [-0.15, -0.1) is 0 Å². The lowest BCUT2D eigenvalue weighted by molar-refractivity contribution is -0.137. The number of morpholine rings is 1. The minimum absolute atomic E-state index is 0.0351. The number of hydrogen-bond donors (Lipinski definition) is 2. The van der Waals surface area contributed by atoms with E-state index < -0.39 is 42.6 Å². The zero-order valence-electron chi connectivity index (χ0n) is 17.2. The van der Waals surface area contributed by atoms with Gasteiger partial charge in [0.2, 0.25) is 5.91 Å². The summed E-state index contributed by atoms with van der Waals surface area (Å²) in [6.07, 6.45) is -5.74. The van der Waals surface area contributed by atoms with Gasteiger partial charge in [-0.1, -0.05) is 0 Å². The molecule has 12 heteroatoms. The first kappa shape index (κ1) is 24.3. The van der Waals surface area contributed by atoms with Gasteiger partial charge in [0.05, 0.1) is 24.4 Å². The van der Waals surface area contributed by atoms with Crippen LogP contribution in [0.15, 0.2) is 18.2 Å². The molecule has 1 aromatic rings. The third-order valence-corrected chi connectivity index (χ3v) is 5.37. The minimum Gasteiger partial charge on any atom is -0.370 e. The fourth-order valence-electron chi connectivity index (χ4n) is 3.63. The highest BCUT2D eigenvalue weighted by atomic mass is 19.4. The smallest absolute Gasteiger partial charge is 0.370 e. The quantitative estimate of drug-likeness (QED) is 0.548. The predicted octanol–water partition coefficient (Wildman–Crippen LogP) is 2.31. The van der Waals surface area contributed by atoms with Gasteiger partial charge in [0.15, 0.2) is 0 Å². The molecule has 1 heterocycles. The molecule has 2 fully saturated rings. The molecule has 0 unspecified atom stereocenters. The van der Waals surface area contributed by atoms with Gasteiger partial charge in [0.25, 0.3) is 12.3 Å². The SMILES string of the molecule is NC[C@H](C(=O)Nc1ccc(N2CCOCC2=O)c(C(F)(F)F)c1)N(CC(F)F)CC1CC1. The van der Waals surface area contributed by atoms with Crippen molar-refractivity contribution in [3.63, 3.8) is 0 Å². The lowest BCUT2D eigenvalue weighted by Gasteiger charge is -2.30. The van der Waals surface area contributed by atoms with Crippen molar-refractivity contribution in [1.29, 1.82) is 0 Å². The lowest BCUT2D eigenvalue weighted by atomic mass is 10.1. The van der Waals surface area contributed by atoms with E-state index in [1.807, 2.05) is 0 Å². The number of alkyl halides is 5. The van der Waals surface area contributed by atoms with Gasteiger partial charge < -0.3 is 20.7 Å². The maximum atomic E-state index is 13.7. The van der Waals surface area contributed by atoms with Crippen LogP contribution in [0.3, 0.4) is 0 Å². The van der Waals surface area contributed by atoms with Gasteiger partial charge in [0, 0.05) is 25.3 Å². The van der Waals surface area contributed by atoms with Crippen LogP contribution in [0.1, 0.15) is 18.4 Å². The number of nitrogens with two attached hydrogens (primary N) is 1. The summed E-state index contributed by atoms with van der Waals surface area (Å²) < 4.78 is 72.1. The molecule has 0 bridgehead atoms. The summed E-state index contributed by atoms with van der Waals surface area (Å²) in [5.74, 6) is -1.17. The van der Waals surface area contributed by atoms with E-state index in [0.717, 1.165) is 29.9 Å². The molecule has 1 aromatic carbocycles. The van der Waals surface area contributed by atoms with E-state index in [9.17, 15) is 31.5 Å². The minimum atomic E-state index is -4.80. The van der Waals surface area contributed by atoms with Crippen LogP contribution in [0.2, 0.25) is 0 Å². The van der Waals surface area contributed by atoms with Crippen molar-refractivity contribution < 1.29 is 36.3 Å². The van der Waals surface area contributed by atoms with Crippen LogP contribution in [0, 0.1) is 5.92 Å². The summed E-state index contributed by atoms with van der Waals surface area (Å²) in [5, 5.41) is 2.36. The Morgan fingerprint density at radius 2 is 2.03 bits per heavy atom. The number of carbonyl (C=O) groups excluding carboxylic acids is 2. The topological polar surface area (TPSA) is 87.9 Å². The van der Waals surface area contributed by atoms with Crippen LogP contribution >= 0.6 is 0 Å². The van der Waals surface area contributed by atoms with E-state index in [0.29, 0.717) is 0 Å². The Morgan fingerprint density at radius 3 is 2.59 bits per heavy atom. The predicted molar refractivity (Wildman–Crippen MR) is 106 cm³/mol. The summed E-state index contributed by atoms with van der Waals surface area (Å²) in [5.41, 5.74) is 4.04. The Hall–Kier alpha value is -2.31. The molecule has 1 aliphatic carbocycles. The highest BCUT2D eigenvalue weighted by Gasteiger charge is 2.38. The van der Waals surface area contributed by atoms with E-state index in [1.165, 1.54) is 11.0 Å². The van der Waals surface area contributed by atoms with Crippen LogP contribution in [0.5, 0.6) is 0 Å². The largest absolute Gasteiger partial charge is 0.418 e. The van der Waals surface area contributed by atoms with Crippen molar-refractivity contribution in [2.75, 3.05) is 49.6 Å². The van der Waals surface area contributed by atoms with Crippen molar-refractivity contribution in [3.05, 3.63) is 23.8 Å². The first-order valence-corrected chi connectivity index (χ1v) is 10.2. The zero-order chi connectivity index (χ0) is 23.5. The number of benzene rings is 1. The fourth-order valence-corrected chi connectivity index (χ4v) is 3.63. The normalized spacial score (nSPS) is 18.4. The summed E-state index contributed by atoms with van der Waals surface area (Å²) in [6.45, 7) is -0.914. The molecule has 0 spiro atoms. The summed E-state index contributed by atoms with van der Waals surface area (Å²) in [6, 6.07) is 1.94. The monoisotopic (exact) mass is 464 g/mol. The van der Waals surface area contributed by atoms with E-state index >= 15 is 0 Å². The number of anilines is 2. The number of nitrogens with zero attached hydrogens (tertiary/aromatic N) is 2. The first-order valence-electron chi connectivity index (χ1n) is 10.2. The number of amides is 2. The molecular weight excluding hydrogens is 439 g/mol. The Balaban J connectivity index is 1.82. The summed E-state index contributed by atoms with van der Waals surface area (Å²) in [7, 11) is 0. The van der Waals surface area contributed by atoms with Crippen LogP contribution in [0.4, 0.5) is 33.3 Å².